The first kappa shape index (κ1) is 22.8. The molecule has 9 heteroatoms. The van der Waals surface area contributed by atoms with E-state index in [2.05, 4.69) is 0 Å². The zero-order valence-corrected chi connectivity index (χ0v) is 17.5. The molecule has 3 rings (SSSR count). The summed E-state index contributed by atoms with van der Waals surface area (Å²) >= 11 is 0. The highest BCUT2D eigenvalue weighted by atomic mass is 16.7. The van der Waals surface area contributed by atoms with Crippen molar-refractivity contribution in [2.75, 3.05) is 0 Å². The lowest BCUT2D eigenvalue weighted by Gasteiger charge is -2.33. The topological polar surface area (TPSA) is 118 Å². The molecule has 0 bridgehead atoms. The van der Waals surface area contributed by atoms with Crippen molar-refractivity contribution in [1.29, 1.82) is 0 Å². The zero-order valence-electron chi connectivity index (χ0n) is 17.5. The largest absolute Gasteiger partial charge is 0.333 e. The Hall–Kier alpha value is -2.84. The van der Waals surface area contributed by atoms with Crippen molar-refractivity contribution in [3.8, 4) is 0 Å². The molecule has 2 unspecified atom stereocenters. The van der Waals surface area contributed by atoms with Crippen LogP contribution in [0, 0.1) is 5.92 Å². The Balaban J connectivity index is 1.29. The summed E-state index contributed by atoms with van der Waals surface area (Å²) in [4.78, 5) is 77.0. The van der Waals surface area contributed by atoms with Gasteiger partial charge in [0.15, 0.2) is 0 Å². The Bertz CT molecular complexity index is 770. The summed E-state index contributed by atoms with van der Waals surface area (Å²) in [5.41, 5.74) is 0. The van der Waals surface area contributed by atoms with Gasteiger partial charge in [0.05, 0.1) is 0 Å². The van der Waals surface area contributed by atoms with E-state index in [1.165, 1.54) is 17.1 Å². The number of imide groups is 2. The van der Waals surface area contributed by atoms with E-state index < -0.39 is 17.8 Å². The molecule has 3 aliphatic rings. The van der Waals surface area contributed by atoms with Crippen LogP contribution in [-0.4, -0.2) is 51.4 Å². The van der Waals surface area contributed by atoms with Crippen LogP contribution in [0.15, 0.2) is 12.2 Å². The summed E-state index contributed by atoms with van der Waals surface area (Å²) in [6.07, 6.45) is 8.94. The molecule has 1 saturated heterocycles. The van der Waals surface area contributed by atoms with Gasteiger partial charge in [-0.2, -0.15) is 0 Å². The molecule has 0 radical (unpaired) electrons. The summed E-state index contributed by atoms with van der Waals surface area (Å²) in [6.45, 7) is 0. The number of carbonyl (C=O) groups excluding carboxylic acids is 6. The molecule has 2 atom stereocenters. The van der Waals surface area contributed by atoms with E-state index >= 15 is 0 Å². The minimum atomic E-state index is -0.603. The fourth-order valence-electron chi connectivity index (χ4n) is 4.39. The molecule has 0 aromatic rings. The quantitative estimate of drug-likeness (QED) is 0.383. The number of hydrogen-bond acceptors (Lipinski definition) is 7. The highest BCUT2D eigenvalue weighted by Gasteiger charge is 2.36. The molecule has 31 heavy (non-hydrogen) atoms. The molecule has 1 saturated carbocycles. The zero-order chi connectivity index (χ0) is 22.4. The van der Waals surface area contributed by atoms with Gasteiger partial charge in [0.2, 0.25) is 0 Å². The molecule has 0 N–H and O–H groups in total. The Kier molecular flexibility index (Phi) is 7.70. The standard InChI is InChI=1S/C22H28N2O7/c25-17(15-6-5-7-16(14-15)23-18(26)10-11-19(23)27)8-3-1-2-4-9-22(30)31-24-20(28)12-13-21(24)29/h10-11,15-16H,1-9,12-14H2. The molecule has 0 aromatic heterocycles. The second-order valence-corrected chi connectivity index (χ2v) is 8.32. The third-order valence-electron chi connectivity index (χ3n) is 6.06. The Labute approximate surface area is 180 Å². The van der Waals surface area contributed by atoms with Gasteiger partial charge in [0, 0.05) is 49.8 Å². The Morgan fingerprint density at radius 1 is 0.871 bits per heavy atom. The van der Waals surface area contributed by atoms with Crippen LogP contribution < -0.4 is 0 Å². The second-order valence-electron chi connectivity index (χ2n) is 8.32. The monoisotopic (exact) mass is 432 g/mol. The minimum absolute atomic E-state index is 0.0728. The van der Waals surface area contributed by atoms with E-state index in [-0.39, 0.29) is 48.8 Å². The number of hydroxylamine groups is 2. The Morgan fingerprint density at radius 3 is 2.13 bits per heavy atom. The number of amides is 4. The van der Waals surface area contributed by atoms with Crippen LogP contribution in [0.5, 0.6) is 0 Å². The highest BCUT2D eigenvalue weighted by Crippen LogP contribution is 2.31. The summed E-state index contributed by atoms with van der Waals surface area (Å²) < 4.78 is 0. The van der Waals surface area contributed by atoms with E-state index in [1.807, 2.05) is 0 Å². The average Bonchev–Trinajstić information content (AvgIpc) is 3.25. The predicted molar refractivity (Wildman–Crippen MR) is 107 cm³/mol. The lowest BCUT2D eigenvalue weighted by molar-refractivity contribution is -0.197. The van der Waals surface area contributed by atoms with E-state index in [0.29, 0.717) is 30.7 Å². The summed E-state index contributed by atoms with van der Waals surface area (Å²) in [7, 11) is 0. The highest BCUT2D eigenvalue weighted by molar-refractivity contribution is 6.13. The van der Waals surface area contributed by atoms with E-state index in [4.69, 9.17) is 4.84 Å². The van der Waals surface area contributed by atoms with Gasteiger partial charge < -0.3 is 4.84 Å². The van der Waals surface area contributed by atoms with Crippen molar-refractivity contribution in [3.05, 3.63) is 12.2 Å². The molecule has 0 aromatic carbocycles. The number of unbranched alkanes of at least 4 members (excludes halogenated alkanes) is 3. The van der Waals surface area contributed by atoms with Crippen molar-refractivity contribution in [2.45, 2.75) is 83.1 Å². The average molecular weight is 432 g/mol. The van der Waals surface area contributed by atoms with E-state index in [0.717, 1.165) is 32.1 Å². The van der Waals surface area contributed by atoms with Crippen LogP contribution in [0.1, 0.15) is 77.0 Å². The molecule has 2 aliphatic heterocycles. The molecule has 1 aliphatic carbocycles. The summed E-state index contributed by atoms with van der Waals surface area (Å²) in [6, 6.07) is -0.196. The van der Waals surface area contributed by atoms with Gasteiger partial charge in [0.1, 0.15) is 5.78 Å². The number of Topliss-reactive ketones (excluding diaryl/α,β-unsaturated/α-hetero) is 1. The van der Waals surface area contributed by atoms with Crippen molar-refractivity contribution < 1.29 is 33.6 Å². The fraction of sp³-hybridized carbons (Fsp3) is 0.636. The SMILES string of the molecule is O=C(CCCCCCC(=O)C1CCCC(N2C(=O)C=CC2=O)C1)ON1C(=O)CCC1=O. The van der Waals surface area contributed by atoms with Crippen molar-refractivity contribution in [1.82, 2.24) is 9.96 Å². The molecule has 168 valence electrons. The van der Waals surface area contributed by atoms with Crippen LogP contribution in [0.25, 0.3) is 0 Å². The number of hydrogen-bond donors (Lipinski definition) is 0. The first-order valence-electron chi connectivity index (χ1n) is 11.0. The third-order valence-corrected chi connectivity index (χ3v) is 6.06. The molecular formula is C22H28N2O7. The third kappa shape index (κ3) is 5.86. The molecule has 0 spiro atoms. The number of ketones is 1. The predicted octanol–water partition coefficient (Wildman–Crippen LogP) is 1.99. The number of carbonyl (C=O) groups is 6. The van der Waals surface area contributed by atoms with E-state index in [1.54, 1.807) is 0 Å². The Morgan fingerprint density at radius 2 is 1.48 bits per heavy atom. The maximum Gasteiger partial charge on any atom is 0.333 e. The normalized spacial score (nSPS) is 23.7. The van der Waals surface area contributed by atoms with Gasteiger partial charge in [-0.25, -0.2) is 4.79 Å². The summed E-state index contributed by atoms with van der Waals surface area (Å²) in [5.74, 6) is -2.12. The molecular weight excluding hydrogens is 404 g/mol. The van der Waals surface area contributed by atoms with Crippen molar-refractivity contribution in [2.24, 2.45) is 5.92 Å². The van der Waals surface area contributed by atoms with Crippen molar-refractivity contribution >= 4 is 35.4 Å². The van der Waals surface area contributed by atoms with Gasteiger partial charge in [-0.1, -0.05) is 19.3 Å². The van der Waals surface area contributed by atoms with Crippen LogP contribution in [0.2, 0.25) is 0 Å². The van der Waals surface area contributed by atoms with Gasteiger partial charge in [0.25, 0.3) is 23.6 Å². The fourth-order valence-corrected chi connectivity index (χ4v) is 4.39. The molecule has 4 amide bonds. The molecule has 9 nitrogen and oxygen atoms in total. The van der Waals surface area contributed by atoms with Crippen LogP contribution in [0.3, 0.4) is 0 Å². The summed E-state index contributed by atoms with van der Waals surface area (Å²) in [5, 5.41) is 0.553. The maximum absolute atomic E-state index is 12.6. The lowest BCUT2D eigenvalue weighted by Crippen LogP contribution is -2.43. The van der Waals surface area contributed by atoms with Crippen molar-refractivity contribution in [3.63, 3.8) is 0 Å². The smallest absolute Gasteiger partial charge is 0.330 e. The van der Waals surface area contributed by atoms with Crippen LogP contribution in [0.4, 0.5) is 0 Å². The number of rotatable bonds is 10. The van der Waals surface area contributed by atoms with Gasteiger partial charge in [-0.05, 0) is 32.1 Å². The maximum atomic E-state index is 12.6. The minimum Gasteiger partial charge on any atom is -0.330 e. The lowest BCUT2D eigenvalue weighted by atomic mass is 9.81. The van der Waals surface area contributed by atoms with Gasteiger partial charge in [-0.15, -0.1) is 5.06 Å². The van der Waals surface area contributed by atoms with Crippen LogP contribution >= 0.6 is 0 Å². The van der Waals surface area contributed by atoms with Gasteiger partial charge >= 0.3 is 5.97 Å². The number of nitrogens with zero attached hydrogens (tertiary/aromatic N) is 2. The van der Waals surface area contributed by atoms with Crippen LogP contribution in [-0.2, 0) is 33.6 Å². The second kappa shape index (κ2) is 10.5. The molecule has 2 heterocycles. The van der Waals surface area contributed by atoms with Gasteiger partial charge in [-0.3, -0.25) is 28.9 Å². The molecule has 2 fully saturated rings. The first-order chi connectivity index (χ1) is 14.9. The van der Waals surface area contributed by atoms with E-state index in [9.17, 15) is 28.8 Å². The first-order valence-corrected chi connectivity index (χ1v) is 11.0.